The molecule has 0 bridgehead atoms. The van der Waals surface area contributed by atoms with Crippen LogP contribution in [-0.4, -0.2) is 24.5 Å². The molecule has 1 amide bonds. The van der Waals surface area contributed by atoms with Crippen molar-refractivity contribution in [3.8, 4) is 5.75 Å². The van der Waals surface area contributed by atoms with E-state index >= 15 is 0 Å². The van der Waals surface area contributed by atoms with Crippen LogP contribution in [0.2, 0.25) is 0 Å². The summed E-state index contributed by atoms with van der Waals surface area (Å²) >= 11 is 1.79. The Labute approximate surface area is 141 Å². The molecule has 2 heterocycles. The van der Waals surface area contributed by atoms with Crippen LogP contribution in [-0.2, 0) is 11.2 Å². The molecule has 1 atom stereocenters. The number of aryl methyl sites for hydroxylation is 1. The van der Waals surface area contributed by atoms with Crippen LogP contribution in [0.15, 0.2) is 35.7 Å². The molecule has 0 aliphatic carbocycles. The smallest absolute Gasteiger partial charge is 0.247 e. The van der Waals surface area contributed by atoms with Gasteiger partial charge in [0.25, 0.3) is 0 Å². The summed E-state index contributed by atoms with van der Waals surface area (Å²) in [5.41, 5.74) is 3.37. The highest BCUT2D eigenvalue weighted by atomic mass is 32.1. The third kappa shape index (κ3) is 3.17. The summed E-state index contributed by atoms with van der Waals surface area (Å²) in [6, 6.07) is 8.24. The predicted molar refractivity (Wildman–Crippen MR) is 94.9 cm³/mol. The average molecular weight is 327 g/mol. The fraction of sp³-hybridized carbons (Fsp3) is 0.316. The lowest BCUT2D eigenvalue weighted by atomic mass is 10.0. The quantitative estimate of drug-likeness (QED) is 0.790. The molecule has 0 fully saturated rings. The average Bonchev–Trinajstić information content (AvgIpc) is 3.02. The number of rotatable bonds is 3. The third-order valence-corrected chi connectivity index (χ3v) is 5.35. The number of methoxy groups -OCH3 is 1. The second-order valence-electron chi connectivity index (χ2n) is 5.84. The van der Waals surface area contributed by atoms with Crippen LogP contribution in [0.5, 0.6) is 5.75 Å². The van der Waals surface area contributed by atoms with Crippen molar-refractivity contribution in [1.82, 2.24) is 4.90 Å². The molecule has 3 nitrogen and oxygen atoms in total. The van der Waals surface area contributed by atoms with Gasteiger partial charge in [-0.1, -0.05) is 11.6 Å². The zero-order chi connectivity index (χ0) is 16.4. The molecule has 3 rings (SSSR count). The van der Waals surface area contributed by atoms with E-state index < -0.39 is 0 Å². The van der Waals surface area contributed by atoms with E-state index in [9.17, 15) is 4.79 Å². The van der Waals surface area contributed by atoms with Crippen molar-refractivity contribution in [1.29, 1.82) is 0 Å². The molecule has 2 aromatic rings. The first-order chi connectivity index (χ1) is 11.1. The van der Waals surface area contributed by atoms with Crippen LogP contribution in [0.4, 0.5) is 0 Å². The van der Waals surface area contributed by atoms with Crippen LogP contribution in [0.25, 0.3) is 6.08 Å². The number of fused-ring (bicyclic) bond motifs is 1. The summed E-state index contributed by atoms with van der Waals surface area (Å²) in [4.78, 5) is 15.9. The predicted octanol–water partition coefficient (Wildman–Crippen LogP) is 4.22. The lowest BCUT2D eigenvalue weighted by Gasteiger charge is -2.32. The number of benzene rings is 1. The zero-order valence-corrected chi connectivity index (χ0v) is 14.5. The van der Waals surface area contributed by atoms with Crippen molar-refractivity contribution in [3.05, 3.63) is 57.3 Å². The fourth-order valence-corrected chi connectivity index (χ4v) is 4.01. The van der Waals surface area contributed by atoms with E-state index in [1.165, 1.54) is 10.4 Å². The van der Waals surface area contributed by atoms with Crippen LogP contribution in [0, 0.1) is 6.92 Å². The van der Waals surface area contributed by atoms with Crippen LogP contribution >= 0.6 is 11.3 Å². The Hall–Kier alpha value is -2.07. The minimum absolute atomic E-state index is 0.0536. The van der Waals surface area contributed by atoms with Crippen molar-refractivity contribution in [3.63, 3.8) is 0 Å². The van der Waals surface area contributed by atoms with Gasteiger partial charge in [-0.25, -0.2) is 0 Å². The van der Waals surface area contributed by atoms with Crippen molar-refractivity contribution in [2.24, 2.45) is 0 Å². The van der Waals surface area contributed by atoms with Crippen LogP contribution in [0.3, 0.4) is 0 Å². The van der Waals surface area contributed by atoms with Crippen molar-refractivity contribution >= 4 is 23.3 Å². The largest absolute Gasteiger partial charge is 0.496 e. The SMILES string of the molecule is COc1ccc(C)cc1/C=C/C(=O)N1CCc2sccc2[C@H]1C. The van der Waals surface area contributed by atoms with Crippen molar-refractivity contribution in [2.45, 2.75) is 26.3 Å². The van der Waals surface area contributed by atoms with E-state index in [0.717, 1.165) is 29.8 Å². The molecule has 1 aromatic heterocycles. The molecule has 4 heteroatoms. The van der Waals surface area contributed by atoms with Gasteiger partial charge < -0.3 is 9.64 Å². The molecule has 1 aliphatic heterocycles. The van der Waals surface area contributed by atoms with Gasteiger partial charge in [0, 0.05) is 23.1 Å². The first-order valence-corrected chi connectivity index (χ1v) is 8.67. The summed E-state index contributed by atoms with van der Waals surface area (Å²) < 4.78 is 5.36. The maximum Gasteiger partial charge on any atom is 0.247 e. The Morgan fingerprint density at radius 2 is 2.22 bits per heavy atom. The highest BCUT2D eigenvalue weighted by molar-refractivity contribution is 7.10. The first kappa shape index (κ1) is 15.8. The normalized spacial score (nSPS) is 17.3. The van der Waals surface area contributed by atoms with E-state index in [4.69, 9.17) is 4.74 Å². The molecule has 0 saturated carbocycles. The van der Waals surface area contributed by atoms with E-state index in [1.54, 1.807) is 24.5 Å². The Balaban J connectivity index is 1.79. The highest BCUT2D eigenvalue weighted by Crippen LogP contribution is 2.33. The molecule has 0 N–H and O–H groups in total. The van der Waals surface area contributed by atoms with E-state index in [2.05, 4.69) is 18.4 Å². The summed E-state index contributed by atoms with van der Waals surface area (Å²) in [5.74, 6) is 0.837. The topological polar surface area (TPSA) is 29.5 Å². The minimum atomic E-state index is 0.0536. The van der Waals surface area contributed by atoms with Gasteiger partial charge in [-0.2, -0.15) is 0 Å². The van der Waals surface area contributed by atoms with Gasteiger partial charge in [0.1, 0.15) is 5.75 Å². The van der Waals surface area contributed by atoms with E-state index in [-0.39, 0.29) is 11.9 Å². The maximum atomic E-state index is 12.6. The summed E-state index contributed by atoms with van der Waals surface area (Å²) in [6.45, 7) is 4.91. The molecule has 1 aliphatic rings. The molecule has 0 unspecified atom stereocenters. The van der Waals surface area contributed by atoms with Crippen molar-refractivity contribution in [2.75, 3.05) is 13.7 Å². The summed E-state index contributed by atoms with van der Waals surface area (Å²) in [5, 5.41) is 2.11. The van der Waals surface area contributed by atoms with Crippen LogP contribution in [0.1, 0.15) is 34.5 Å². The molecule has 0 saturated heterocycles. The number of hydrogen-bond donors (Lipinski definition) is 0. The fourth-order valence-electron chi connectivity index (χ4n) is 3.05. The Bertz CT molecular complexity index is 748. The first-order valence-electron chi connectivity index (χ1n) is 7.79. The van der Waals surface area contributed by atoms with Gasteiger partial charge in [-0.3, -0.25) is 4.79 Å². The number of nitrogens with zero attached hydrogens (tertiary/aromatic N) is 1. The molecular weight excluding hydrogens is 306 g/mol. The maximum absolute atomic E-state index is 12.6. The molecule has 120 valence electrons. The lowest BCUT2D eigenvalue weighted by Crippen LogP contribution is -2.37. The van der Waals surface area contributed by atoms with E-state index in [0.29, 0.717) is 0 Å². The van der Waals surface area contributed by atoms with Crippen LogP contribution < -0.4 is 4.74 Å². The van der Waals surface area contributed by atoms with Gasteiger partial charge in [0.05, 0.1) is 13.2 Å². The number of ether oxygens (including phenoxy) is 1. The molecule has 23 heavy (non-hydrogen) atoms. The van der Waals surface area contributed by atoms with Gasteiger partial charge in [0.15, 0.2) is 0 Å². The Morgan fingerprint density at radius 3 is 3.00 bits per heavy atom. The minimum Gasteiger partial charge on any atom is -0.496 e. The molecular formula is C19H21NO2S. The number of amides is 1. The number of thiophene rings is 1. The second-order valence-corrected chi connectivity index (χ2v) is 6.84. The Morgan fingerprint density at radius 1 is 1.39 bits per heavy atom. The standard InChI is InChI=1S/C19H21NO2S/c1-13-4-6-17(22-3)15(12-13)5-7-19(21)20-10-8-18-16(14(20)2)9-11-23-18/h4-7,9,11-12,14H,8,10H2,1-3H3/b7-5+/t14-/m1/s1. The summed E-state index contributed by atoms with van der Waals surface area (Å²) in [6.07, 6.45) is 4.46. The van der Waals surface area contributed by atoms with Gasteiger partial charge in [-0.15, -0.1) is 11.3 Å². The Kier molecular flexibility index (Phi) is 4.53. The molecule has 0 spiro atoms. The molecule has 1 aromatic carbocycles. The number of hydrogen-bond acceptors (Lipinski definition) is 3. The van der Waals surface area contributed by atoms with Gasteiger partial charge in [0.2, 0.25) is 5.91 Å². The number of carbonyl (C=O) groups excluding carboxylic acids is 1. The third-order valence-electron chi connectivity index (χ3n) is 4.35. The van der Waals surface area contributed by atoms with E-state index in [1.807, 2.05) is 36.1 Å². The van der Waals surface area contributed by atoms with Gasteiger partial charge >= 0.3 is 0 Å². The van der Waals surface area contributed by atoms with Crippen molar-refractivity contribution < 1.29 is 9.53 Å². The second kappa shape index (κ2) is 6.59. The zero-order valence-electron chi connectivity index (χ0n) is 13.7. The lowest BCUT2D eigenvalue weighted by molar-refractivity contribution is -0.128. The highest BCUT2D eigenvalue weighted by Gasteiger charge is 2.26. The van der Waals surface area contributed by atoms with Gasteiger partial charge in [-0.05, 0) is 55.5 Å². The summed E-state index contributed by atoms with van der Waals surface area (Å²) in [7, 11) is 1.65. The number of carbonyl (C=O) groups is 1. The molecule has 0 radical (unpaired) electrons. The monoisotopic (exact) mass is 327 g/mol.